The van der Waals surface area contributed by atoms with Crippen molar-refractivity contribution in [2.24, 2.45) is 0 Å². The van der Waals surface area contributed by atoms with Gasteiger partial charge < -0.3 is 19.5 Å². The van der Waals surface area contributed by atoms with Crippen LogP contribution in [-0.2, 0) is 17.7 Å². The zero-order valence-electron chi connectivity index (χ0n) is 27.4. The van der Waals surface area contributed by atoms with Gasteiger partial charge in [-0.05, 0) is 73.4 Å². The maximum Gasteiger partial charge on any atom is 0.256 e. The van der Waals surface area contributed by atoms with E-state index in [1.165, 1.54) is 0 Å². The molecule has 1 atom stereocenters. The largest absolute Gasteiger partial charge is 0.487 e. The summed E-state index contributed by atoms with van der Waals surface area (Å²) in [6, 6.07) is 14.2. The van der Waals surface area contributed by atoms with Crippen LogP contribution in [-0.4, -0.2) is 94.9 Å². The van der Waals surface area contributed by atoms with Crippen molar-refractivity contribution in [3.05, 3.63) is 78.1 Å². The Balaban J connectivity index is 1.06. The van der Waals surface area contributed by atoms with Gasteiger partial charge in [0.15, 0.2) is 0 Å². The molecule has 1 saturated carbocycles. The number of rotatable bonds is 13. The lowest BCUT2D eigenvalue weighted by atomic mass is 9.90. The van der Waals surface area contributed by atoms with Crippen LogP contribution in [0.5, 0.6) is 11.6 Å². The fourth-order valence-electron chi connectivity index (χ4n) is 6.42. The summed E-state index contributed by atoms with van der Waals surface area (Å²) in [6.07, 6.45) is 11.9. The molecule has 0 spiro atoms. The topological polar surface area (TPSA) is 143 Å². The van der Waals surface area contributed by atoms with E-state index >= 15 is 0 Å². The van der Waals surface area contributed by atoms with E-state index in [9.17, 15) is 0 Å². The van der Waals surface area contributed by atoms with E-state index in [2.05, 4.69) is 40.4 Å². The maximum atomic E-state index is 6.51. The summed E-state index contributed by atoms with van der Waals surface area (Å²) in [4.78, 5) is 16.4. The van der Waals surface area contributed by atoms with Gasteiger partial charge in [0, 0.05) is 49.2 Å². The highest BCUT2D eigenvalue weighted by Crippen LogP contribution is 2.35. The highest BCUT2D eigenvalue weighted by atomic mass is 35.5. The second kappa shape index (κ2) is 15.7. The minimum Gasteiger partial charge on any atom is -0.487 e. The Morgan fingerprint density at radius 1 is 1.02 bits per heavy atom. The molecule has 5 aromatic rings. The van der Waals surface area contributed by atoms with Crippen LogP contribution in [0, 0.1) is 0 Å². The molecular weight excluding hydrogens is 646 g/mol. The Morgan fingerprint density at radius 2 is 1.88 bits per heavy atom. The Bertz CT molecular complexity index is 1780. The first-order valence-electron chi connectivity index (χ1n) is 16.8. The number of tetrazole rings is 1. The number of halogens is 1. The Hall–Kier alpha value is -4.66. The van der Waals surface area contributed by atoms with Gasteiger partial charge in [-0.25, -0.2) is 14.6 Å². The first kappa shape index (κ1) is 32.9. The number of hydrogen-bond acceptors (Lipinski definition) is 12. The van der Waals surface area contributed by atoms with Gasteiger partial charge in [-0.15, -0.1) is 10.2 Å². The number of ether oxygens (including phenoxy) is 3. The minimum absolute atomic E-state index is 0.221. The van der Waals surface area contributed by atoms with Crippen molar-refractivity contribution >= 4 is 23.2 Å². The predicted molar refractivity (Wildman–Crippen MR) is 183 cm³/mol. The van der Waals surface area contributed by atoms with Gasteiger partial charge in [0.1, 0.15) is 23.9 Å². The van der Waals surface area contributed by atoms with Crippen LogP contribution in [0.3, 0.4) is 0 Å². The third-order valence-corrected chi connectivity index (χ3v) is 9.23. The van der Waals surface area contributed by atoms with Crippen molar-refractivity contribution in [1.29, 1.82) is 0 Å². The fraction of sp³-hybridized carbons (Fsp3) is 0.441. The van der Waals surface area contributed by atoms with Crippen LogP contribution < -0.4 is 14.8 Å². The summed E-state index contributed by atoms with van der Waals surface area (Å²) in [5.41, 5.74) is 3.22. The molecule has 14 nitrogen and oxygen atoms in total. The molecule has 15 heteroatoms. The second-order valence-corrected chi connectivity index (χ2v) is 12.8. The third-order valence-electron chi connectivity index (χ3n) is 8.92. The fourth-order valence-corrected chi connectivity index (χ4v) is 6.58. The van der Waals surface area contributed by atoms with Crippen LogP contribution in [0.15, 0.2) is 67.4 Å². The summed E-state index contributed by atoms with van der Waals surface area (Å²) >= 11 is 6.51. The standard InChI is InChI=1S/C34H40ClN11O3/c1-24(21-45-23-38-42-43-45)49-32-20-25(5-10-29(32)35)30-11-14-37-34(39-30)40-31-22-46(41-33(31)48-17-12-26-4-2-3-13-36-26)28-8-6-27(7-9-28)44-15-18-47-19-16-44/h2-5,10-11,13-14,20,22-24,27-28H,6-9,12,15-19,21H2,1H3,(H,37,39,40)/t24-,27?,28?/m0/s1. The van der Waals surface area contributed by atoms with Crippen molar-refractivity contribution in [2.75, 3.05) is 38.2 Å². The number of pyridine rings is 1. The van der Waals surface area contributed by atoms with E-state index in [0.717, 1.165) is 63.2 Å². The molecule has 1 N–H and O–H groups in total. The highest BCUT2D eigenvalue weighted by Gasteiger charge is 2.29. The zero-order chi connectivity index (χ0) is 33.4. The number of aromatic nitrogens is 9. The summed E-state index contributed by atoms with van der Waals surface area (Å²) < 4.78 is 21.6. The Kier molecular flexibility index (Phi) is 10.5. The van der Waals surface area contributed by atoms with E-state index in [4.69, 9.17) is 35.9 Å². The molecular formula is C34H40ClN11O3. The average Bonchev–Trinajstić information content (AvgIpc) is 3.80. The van der Waals surface area contributed by atoms with Crippen LogP contribution in [0.2, 0.25) is 5.02 Å². The molecule has 5 heterocycles. The molecule has 1 aromatic carbocycles. The first-order valence-corrected chi connectivity index (χ1v) is 17.2. The molecule has 2 fully saturated rings. The number of morpholine rings is 1. The normalized spacial score (nSPS) is 19.0. The van der Waals surface area contributed by atoms with Gasteiger partial charge in [-0.1, -0.05) is 23.7 Å². The Morgan fingerprint density at radius 3 is 2.67 bits per heavy atom. The SMILES string of the molecule is C[C@@H](Cn1cnnn1)Oc1cc(-c2ccnc(Nc3cn(C4CCC(N5CCOCC5)CC4)nc3OCCc3ccccn3)n2)ccc1Cl. The summed E-state index contributed by atoms with van der Waals surface area (Å²) in [6.45, 7) is 6.53. The molecule has 0 bridgehead atoms. The number of benzene rings is 1. The molecule has 1 aliphatic carbocycles. The lowest BCUT2D eigenvalue weighted by Gasteiger charge is -2.38. The molecule has 256 valence electrons. The summed E-state index contributed by atoms with van der Waals surface area (Å²) in [5.74, 6) is 1.48. The van der Waals surface area contributed by atoms with Crippen LogP contribution in [0.4, 0.5) is 11.6 Å². The molecule has 1 saturated heterocycles. The molecule has 0 unspecified atom stereocenters. The van der Waals surface area contributed by atoms with Crippen LogP contribution in [0.1, 0.15) is 44.3 Å². The molecule has 0 amide bonds. The van der Waals surface area contributed by atoms with Crippen molar-refractivity contribution in [1.82, 2.24) is 49.8 Å². The van der Waals surface area contributed by atoms with E-state index in [1.54, 1.807) is 29.5 Å². The van der Waals surface area contributed by atoms with Gasteiger partial charge in [0.05, 0.1) is 49.3 Å². The van der Waals surface area contributed by atoms with E-state index in [1.807, 2.05) is 49.5 Å². The second-order valence-electron chi connectivity index (χ2n) is 12.4. The molecule has 0 radical (unpaired) electrons. The van der Waals surface area contributed by atoms with Crippen molar-refractivity contribution in [3.63, 3.8) is 0 Å². The van der Waals surface area contributed by atoms with Gasteiger partial charge in [0.2, 0.25) is 5.95 Å². The van der Waals surface area contributed by atoms with Crippen LogP contribution in [0.25, 0.3) is 11.3 Å². The lowest BCUT2D eigenvalue weighted by molar-refractivity contribution is 0.00503. The molecule has 2 aliphatic rings. The summed E-state index contributed by atoms with van der Waals surface area (Å²) in [5, 5.41) is 20.1. The molecule has 4 aromatic heterocycles. The molecule has 1 aliphatic heterocycles. The number of anilines is 2. The van der Waals surface area contributed by atoms with Crippen molar-refractivity contribution in [3.8, 4) is 22.9 Å². The summed E-state index contributed by atoms with van der Waals surface area (Å²) in [7, 11) is 0. The maximum absolute atomic E-state index is 6.51. The smallest absolute Gasteiger partial charge is 0.256 e. The average molecular weight is 686 g/mol. The number of nitrogens with one attached hydrogen (secondary N) is 1. The van der Waals surface area contributed by atoms with E-state index in [-0.39, 0.29) is 12.1 Å². The van der Waals surface area contributed by atoms with Gasteiger partial charge in [-0.3, -0.25) is 14.6 Å². The number of nitrogens with zero attached hydrogens (tertiary/aromatic N) is 10. The van der Waals surface area contributed by atoms with Gasteiger partial charge >= 0.3 is 0 Å². The monoisotopic (exact) mass is 685 g/mol. The van der Waals surface area contributed by atoms with Crippen LogP contribution >= 0.6 is 11.6 Å². The highest BCUT2D eigenvalue weighted by molar-refractivity contribution is 6.32. The zero-order valence-corrected chi connectivity index (χ0v) is 28.2. The van der Waals surface area contributed by atoms with Crippen molar-refractivity contribution < 1.29 is 14.2 Å². The predicted octanol–water partition coefficient (Wildman–Crippen LogP) is 5.02. The molecule has 7 rings (SSSR count). The molecule has 49 heavy (non-hydrogen) atoms. The van der Waals surface area contributed by atoms with E-state index < -0.39 is 0 Å². The third kappa shape index (κ3) is 8.50. The number of hydrogen-bond donors (Lipinski definition) is 1. The quantitative estimate of drug-likeness (QED) is 0.178. The minimum atomic E-state index is -0.221. The van der Waals surface area contributed by atoms with Crippen molar-refractivity contribution in [2.45, 2.75) is 63.8 Å². The lowest BCUT2D eigenvalue weighted by Crippen LogP contribution is -2.45. The van der Waals surface area contributed by atoms with Gasteiger partial charge in [0.25, 0.3) is 5.88 Å². The first-order chi connectivity index (χ1) is 24.1. The van der Waals surface area contributed by atoms with Gasteiger partial charge in [-0.2, -0.15) is 0 Å². The van der Waals surface area contributed by atoms with E-state index in [0.29, 0.717) is 59.6 Å². The Labute approximate surface area is 289 Å².